The highest BCUT2D eigenvalue weighted by Crippen LogP contribution is 2.19. The Bertz CT molecular complexity index is 627. The molecule has 0 atom stereocenters. The molecule has 6 heteroatoms. The fraction of sp³-hybridized carbons (Fsp3) is 0.267. The van der Waals surface area contributed by atoms with E-state index in [4.69, 9.17) is 4.74 Å². The minimum atomic E-state index is -0.397. The Morgan fingerprint density at radius 3 is 2.67 bits per heavy atom. The smallest absolute Gasteiger partial charge is 0.277 e. The summed E-state index contributed by atoms with van der Waals surface area (Å²) in [6, 6.07) is 9.26. The molecule has 0 unspecified atom stereocenters. The van der Waals surface area contributed by atoms with Gasteiger partial charge in [-0.3, -0.25) is 10.1 Å². The molecule has 2 rings (SSSR count). The Kier molecular flexibility index (Phi) is 4.71. The molecule has 110 valence electrons. The molecule has 0 aliphatic heterocycles. The van der Waals surface area contributed by atoms with Crippen molar-refractivity contribution in [2.24, 2.45) is 0 Å². The van der Waals surface area contributed by atoms with Crippen molar-refractivity contribution in [1.82, 2.24) is 4.98 Å². The van der Waals surface area contributed by atoms with Gasteiger partial charge in [0.25, 0.3) is 5.69 Å². The first-order valence-corrected chi connectivity index (χ1v) is 6.58. The maximum Gasteiger partial charge on any atom is 0.277 e. The molecule has 0 aliphatic rings. The third kappa shape index (κ3) is 3.92. The molecule has 0 aliphatic carbocycles. The van der Waals surface area contributed by atoms with Crippen LogP contribution in [0.5, 0.6) is 5.75 Å². The second-order valence-corrected chi connectivity index (χ2v) is 4.64. The number of aromatic nitrogens is 1. The van der Waals surface area contributed by atoms with E-state index in [1.54, 1.807) is 14.0 Å². The van der Waals surface area contributed by atoms with E-state index in [0.717, 1.165) is 17.7 Å². The number of pyridine rings is 1. The molecule has 1 heterocycles. The number of anilines is 1. The van der Waals surface area contributed by atoms with Crippen molar-refractivity contribution in [2.75, 3.05) is 19.0 Å². The third-order valence-electron chi connectivity index (χ3n) is 3.15. The second kappa shape index (κ2) is 6.69. The normalized spacial score (nSPS) is 10.2. The van der Waals surface area contributed by atoms with Gasteiger partial charge >= 0.3 is 0 Å². The van der Waals surface area contributed by atoms with Crippen LogP contribution < -0.4 is 10.1 Å². The highest BCUT2D eigenvalue weighted by Gasteiger charge is 2.11. The van der Waals surface area contributed by atoms with Crippen molar-refractivity contribution in [1.29, 1.82) is 0 Å². The topological polar surface area (TPSA) is 77.3 Å². The Balaban J connectivity index is 1.93. The van der Waals surface area contributed by atoms with Gasteiger partial charge in [0.05, 0.1) is 18.1 Å². The number of aryl methyl sites for hydroxylation is 1. The number of nitro groups is 1. The van der Waals surface area contributed by atoms with E-state index in [0.29, 0.717) is 17.9 Å². The zero-order chi connectivity index (χ0) is 15.2. The Morgan fingerprint density at radius 1 is 1.33 bits per heavy atom. The average molecular weight is 287 g/mol. The molecule has 0 radical (unpaired) electrons. The lowest BCUT2D eigenvalue weighted by Crippen LogP contribution is -2.07. The van der Waals surface area contributed by atoms with Gasteiger partial charge in [-0.1, -0.05) is 12.1 Å². The third-order valence-corrected chi connectivity index (χ3v) is 3.15. The molecule has 6 nitrogen and oxygen atoms in total. The lowest BCUT2D eigenvalue weighted by molar-refractivity contribution is -0.385. The first-order valence-electron chi connectivity index (χ1n) is 6.58. The molecule has 0 amide bonds. The van der Waals surface area contributed by atoms with Crippen LogP contribution in [-0.4, -0.2) is 23.6 Å². The molecular weight excluding hydrogens is 270 g/mol. The van der Waals surface area contributed by atoms with E-state index in [1.807, 2.05) is 24.3 Å². The Labute approximate surface area is 122 Å². The van der Waals surface area contributed by atoms with Gasteiger partial charge in [0.1, 0.15) is 11.6 Å². The molecular formula is C15H17N3O3. The van der Waals surface area contributed by atoms with Crippen LogP contribution in [0.2, 0.25) is 0 Å². The van der Waals surface area contributed by atoms with Crippen molar-refractivity contribution in [3.63, 3.8) is 0 Å². The lowest BCUT2D eigenvalue weighted by Gasteiger charge is -2.07. The van der Waals surface area contributed by atoms with Crippen LogP contribution in [0.25, 0.3) is 0 Å². The summed E-state index contributed by atoms with van der Waals surface area (Å²) in [5, 5.41) is 14.0. The quantitative estimate of drug-likeness (QED) is 0.653. The van der Waals surface area contributed by atoms with Crippen molar-refractivity contribution >= 4 is 11.5 Å². The number of ether oxygens (including phenoxy) is 1. The SMILES string of the molecule is COc1ccc(CCNc2cc([N+](=O)[O-])c(C)cn2)cc1. The summed E-state index contributed by atoms with van der Waals surface area (Å²) in [4.78, 5) is 14.6. The Hall–Kier alpha value is -2.63. The zero-order valence-electron chi connectivity index (χ0n) is 12.0. The van der Waals surface area contributed by atoms with Crippen LogP contribution in [0.1, 0.15) is 11.1 Å². The van der Waals surface area contributed by atoms with E-state index in [9.17, 15) is 10.1 Å². The van der Waals surface area contributed by atoms with E-state index in [1.165, 1.54) is 12.3 Å². The lowest BCUT2D eigenvalue weighted by atomic mass is 10.1. The van der Waals surface area contributed by atoms with Crippen molar-refractivity contribution in [2.45, 2.75) is 13.3 Å². The molecule has 1 aromatic carbocycles. The van der Waals surface area contributed by atoms with Crippen LogP contribution in [0.3, 0.4) is 0 Å². The molecule has 21 heavy (non-hydrogen) atoms. The van der Waals surface area contributed by atoms with Crippen molar-refractivity contribution in [3.05, 3.63) is 57.8 Å². The number of methoxy groups -OCH3 is 1. The van der Waals surface area contributed by atoms with Gasteiger partial charge in [0.2, 0.25) is 0 Å². The number of nitrogens with one attached hydrogen (secondary N) is 1. The van der Waals surface area contributed by atoms with Crippen molar-refractivity contribution < 1.29 is 9.66 Å². The van der Waals surface area contributed by atoms with Gasteiger partial charge in [0.15, 0.2) is 0 Å². The summed E-state index contributed by atoms with van der Waals surface area (Å²) in [5.74, 6) is 1.34. The maximum atomic E-state index is 10.9. The summed E-state index contributed by atoms with van der Waals surface area (Å²) in [6.07, 6.45) is 2.31. The second-order valence-electron chi connectivity index (χ2n) is 4.64. The van der Waals surface area contributed by atoms with E-state index in [2.05, 4.69) is 10.3 Å². The highest BCUT2D eigenvalue weighted by molar-refractivity contribution is 5.48. The average Bonchev–Trinajstić information content (AvgIpc) is 2.49. The monoisotopic (exact) mass is 287 g/mol. The fourth-order valence-electron chi connectivity index (χ4n) is 1.93. The molecule has 1 N–H and O–H groups in total. The number of nitrogens with zero attached hydrogens (tertiary/aromatic N) is 2. The number of benzene rings is 1. The van der Waals surface area contributed by atoms with E-state index < -0.39 is 4.92 Å². The predicted molar refractivity (Wildman–Crippen MR) is 80.8 cm³/mol. The highest BCUT2D eigenvalue weighted by atomic mass is 16.6. The standard InChI is InChI=1S/C15H17N3O3/c1-11-10-17-15(9-14(11)18(19)20)16-8-7-12-3-5-13(21-2)6-4-12/h3-6,9-10H,7-8H2,1-2H3,(H,16,17). The van der Waals surface area contributed by atoms with Crippen molar-refractivity contribution in [3.8, 4) is 5.75 Å². The van der Waals surface area contributed by atoms with Crippen LogP contribution in [0, 0.1) is 17.0 Å². The van der Waals surface area contributed by atoms with Crippen LogP contribution in [-0.2, 0) is 6.42 Å². The minimum Gasteiger partial charge on any atom is -0.497 e. The maximum absolute atomic E-state index is 10.9. The predicted octanol–water partition coefficient (Wildman–Crippen LogP) is 2.96. The summed E-state index contributed by atoms with van der Waals surface area (Å²) in [7, 11) is 1.63. The number of hydrogen-bond donors (Lipinski definition) is 1. The van der Waals surface area contributed by atoms with Gasteiger partial charge in [0, 0.05) is 18.3 Å². The zero-order valence-corrected chi connectivity index (χ0v) is 12.0. The summed E-state index contributed by atoms with van der Waals surface area (Å²) in [5.41, 5.74) is 1.79. The molecule has 0 spiro atoms. The van der Waals surface area contributed by atoms with Gasteiger partial charge < -0.3 is 10.1 Å². The van der Waals surface area contributed by atoms with Gasteiger partial charge in [-0.25, -0.2) is 4.98 Å². The van der Waals surface area contributed by atoms with Gasteiger partial charge in [-0.2, -0.15) is 0 Å². The summed E-state index contributed by atoms with van der Waals surface area (Å²) >= 11 is 0. The fourth-order valence-corrected chi connectivity index (χ4v) is 1.93. The molecule has 1 aromatic heterocycles. The first-order chi connectivity index (χ1) is 10.1. The number of hydrogen-bond acceptors (Lipinski definition) is 5. The largest absolute Gasteiger partial charge is 0.497 e. The van der Waals surface area contributed by atoms with Gasteiger partial charge in [-0.05, 0) is 31.0 Å². The van der Waals surface area contributed by atoms with E-state index >= 15 is 0 Å². The number of rotatable bonds is 6. The Morgan fingerprint density at radius 2 is 2.05 bits per heavy atom. The molecule has 2 aromatic rings. The van der Waals surface area contributed by atoms with Crippen LogP contribution in [0.15, 0.2) is 36.5 Å². The molecule has 0 saturated carbocycles. The van der Waals surface area contributed by atoms with Gasteiger partial charge in [-0.15, -0.1) is 0 Å². The molecule has 0 bridgehead atoms. The van der Waals surface area contributed by atoms with Crippen LogP contribution >= 0.6 is 0 Å². The van der Waals surface area contributed by atoms with E-state index in [-0.39, 0.29) is 5.69 Å². The first kappa shape index (κ1) is 14.8. The van der Waals surface area contributed by atoms with Crippen LogP contribution in [0.4, 0.5) is 11.5 Å². The molecule has 0 fully saturated rings. The molecule has 0 saturated heterocycles. The minimum absolute atomic E-state index is 0.0805. The summed E-state index contributed by atoms with van der Waals surface area (Å²) < 4.78 is 5.10. The summed E-state index contributed by atoms with van der Waals surface area (Å²) in [6.45, 7) is 2.33.